The summed E-state index contributed by atoms with van der Waals surface area (Å²) in [6.45, 7) is 4.39. The molecule has 1 unspecified atom stereocenters. The lowest BCUT2D eigenvalue weighted by molar-refractivity contribution is -0.274. The van der Waals surface area contributed by atoms with E-state index in [0.717, 1.165) is 17.7 Å². The molecule has 0 bridgehead atoms. The van der Waals surface area contributed by atoms with Gasteiger partial charge in [0, 0.05) is 44.6 Å². The van der Waals surface area contributed by atoms with Crippen LogP contribution in [0.2, 0.25) is 0 Å². The molecule has 0 spiro atoms. The first-order valence-electron chi connectivity index (χ1n) is 14.6. The fourth-order valence-electron chi connectivity index (χ4n) is 4.91. The normalized spacial score (nSPS) is 14.5. The van der Waals surface area contributed by atoms with E-state index in [1.54, 1.807) is 30.0 Å². The van der Waals surface area contributed by atoms with Crippen LogP contribution in [0.3, 0.4) is 0 Å². The van der Waals surface area contributed by atoms with E-state index in [2.05, 4.69) is 35.0 Å². The van der Waals surface area contributed by atoms with Gasteiger partial charge in [-0.3, -0.25) is 19.5 Å². The van der Waals surface area contributed by atoms with Gasteiger partial charge in [-0.25, -0.2) is 13.5 Å². The lowest BCUT2D eigenvalue weighted by Gasteiger charge is -2.34. The van der Waals surface area contributed by atoms with Crippen LogP contribution in [-0.2, 0) is 13.1 Å². The first-order chi connectivity index (χ1) is 22.8. The van der Waals surface area contributed by atoms with E-state index in [1.165, 1.54) is 41.2 Å². The third kappa shape index (κ3) is 8.99. The number of rotatable bonds is 11. The van der Waals surface area contributed by atoms with E-state index in [9.17, 15) is 35.9 Å². The van der Waals surface area contributed by atoms with Gasteiger partial charge in [-0.2, -0.15) is 4.39 Å². The van der Waals surface area contributed by atoms with Crippen LogP contribution in [-0.4, -0.2) is 86.9 Å². The number of benzene rings is 2. The van der Waals surface area contributed by atoms with Gasteiger partial charge in [0.1, 0.15) is 22.9 Å². The van der Waals surface area contributed by atoms with Crippen LogP contribution in [0.5, 0.6) is 11.5 Å². The monoisotopic (exact) mass is 677 g/mol. The number of alkyl halides is 6. The maximum atomic E-state index is 13.5. The fraction of sp³-hybridized carbons (Fsp3) is 0.323. The predicted molar refractivity (Wildman–Crippen MR) is 158 cm³/mol. The number of nitrogens with one attached hydrogen (secondary N) is 1. The van der Waals surface area contributed by atoms with Crippen molar-refractivity contribution in [2.45, 2.75) is 39.2 Å². The van der Waals surface area contributed by atoms with E-state index in [0.29, 0.717) is 49.7 Å². The Morgan fingerprint density at radius 2 is 1.52 bits per heavy atom. The molecule has 0 radical (unpaired) electrons. The van der Waals surface area contributed by atoms with Crippen LogP contribution >= 0.6 is 0 Å². The number of amides is 2. The number of nitrogens with zero attached hydrogens (tertiary/aromatic N) is 6. The van der Waals surface area contributed by atoms with Crippen molar-refractivity contribution in [2.75, 3.05) is 31.5 Å². The van der Waals surface area contributed by atoms with E-state index in [-0.39, 0.29) is 29.6 Å². The molecule has 2 amide bonds. The van der Waals surface area contributed by atoms with Gasteiger partial charge in [-0.05, 0) is 60.5 Å². The third-order valence-electron chi connectivity index (χ3n) is 7.28. The summed E-state index contributed by atoms with van der Waals surface area (Å²) in [5.41, 5.74) is 2.57. The smallest absolute Gasteiger partial charge is 0.454 e. The molecule has 0 aliphatic carbocycles. The molecule has 1 aliphatic rings. The lowest BCUT2D eigenvalue weighted by atomic mass is 10.2. The standard InChI is InChI=1S/C31H29F6N7O4/c1-19-26(30(46)43-14-12-42(13-15-43)17-20-2-7-23(8-3-20)47-28(34)27(32)33)44(41-40-19)18-21-4-11-25(38-16-21)29(45)39-22-5-9-24(10-6-22)48-31(35,36)37/h2-11,16,27-28H,12-15,17-18H2,1H3,(H,39,45). The van der Waals surface area contributed by atoms with Crippen molar-refractivity contribution in [2.24, 2.45) is 0 Å². The molecule has 11 nitrogen and oxygen atoms in total. The Kier molecular flexibility index (Phi) is 10.5. The number of carbonyl (C=O) groups excluding carboxylic acids is 2. The minimum atomic E-state index is -4.83. The predicted octanol–water partition coefficient (Wildman–Crippen LogP) is 5.08. The first-order valence-corrected chi connectivity index (χ1v) is 14.6. The summed E-state index contributed by atoms with van der Waals surface area (Å²) in [7, 11) is 0. The van der Waals surface area contributed by atoms with E-state index >= 15 is 0 Å². The zero-order chi connectivity index (χ0) is 34.4. The maximum Gasteiger partial charge on any atom is 0.573 e. The summed E-state index contributed by atoms with van der Waals surface area (Å²) >= 11 is 0. The zero-order valence-corrected chi connectivity index (χ0v) is 25.3. The van der Waals surface area contributed by atoms with E-state index < -0.39 is 30.8 Å². The van der Waals surface area contributed by atoms with Gasteiger partial charge in [-0.1, -0.05) is 23.4 Å². The molecule has 0 saturated carbocycles. The average Bonchev–Trinajstić information content (AvgIpc) is 3.41. The molecule has 48 heavy (non-hydrogen) atoms. The van der Waals surface area contributed by atoms with Crippen molar-refractivity contribution in [3.8, 4) is 11.5 Å². The van der Waals surface area contributed by atoms with Gasteiger partial charge in [-0.15, -0.1) is 18.3 Å². The number of aryl methyl sites for hydroxylation is 1. The molecule has 5 rings (SSSR count). The molecule has 1 atom stereocenters. The second-order valence-corrected chi connectivity index (χ2v) is 10.8. The van der Waals surface area contributed by atoms with Crippen LogP contribution in [0, 0.1) is 6.92 Å². The van der Waals surface area contributed by atoms with Crippen LogP contribution in [0.25, 0.3) is 0 Å². The van der Waals surface area contributed by atoms with Gasteiger partial charge in [0.15, 0.2) is 0 Å². The van der Waals surface area contributed by atoms with E-state index in [4.69, 9.17) is 0 Å². The number of piperazine rings is 1. The fourth-order valence-corrected chi connectivity index (χ4v) is 4.91. The Morgan fingerprint density at radius 3 is 2.12 bits per heavy atom. The van der Waals surface area contributed by atoms with Gasteiger partial charge in [0.2, 0.25) is 0 Å². The van der Waals surface area contributed by atoms with Crippen LogP contribution in [0.15, 0.2) is 66.9 Å². The summed E-state index contributed by atoms with van der Waals surface area (Å²) in [5.74, 6) is -1.24. The molecule has 1 fully saturated rings. The summed E-state index contributed by atoms with van der Waals surface area (Å²) in [6, 6.07) is 14.0. The number of halogens is 6. The van der Waals surface area contributed by atoms with Crippen molar-refractivity contribution < 1.29 is 45.4 Å². The van der Waals surface area contributed by atoms with E-state index in [1.807, 2.05) is 0 Å². The molecule has 2 aromatic carbocycles. The molecule has 1 N–H and O–H groups in total. The minimum Gasteiger partial charge on any atom is -0.454 e. The molecule has 2 aromatic heterocycles. The summed E-state index contributed by atoms with van der Waals surface area (Å²) in [4.78, 5) is 34.1. The highest BCUT2D eigenvalue weighted by molar-refractivity contribution is 6.02. The molecular formula is C31H29F6N7O4. The minimum absolute atomic E-state index is 0.00504. The van der Waals surface area contributed by atoms with Crippen molar-refractivity contribution >= 4 is 17.5 Å². The second kappa shape index (κ2) is 14.7. The zero-order valence-electron chi connectivity index (χ0n) is 25.3. The maximum absolute atomic E-state index is 13.5. The van der Waals surface area contributed by atoms with Crippen LogP contribution in [0.1, 0.15) is 37.8 Å². The summed E-state index contributed by atoms with van der Waals surface area (Å²) in [5, 5.41) is 10.7. The molecule has 4 aromatic rings. The Morgan fingerprint density at radius 1 is 0.875 bits per heavy atom. The number of anilines is 1. The average molecular weight is 678 g/mol. The van der Waals surface area contributed by atoms with Gasteiger partial charge < -0.3 is 19.7 Å². The highest BCUT2D eigenvalue weighted by Gasteiger charge is 2.31. The number of aromatic nitrogens is 4. The molecule has 3 heterocycles. The second-order valence-electron chi connectivity index (χ2n) is 10.8. The van der Waals surface area contributed by atoms with Gasteiger partial charge in [0.25, 0.3) is 18.2 Å². The van der Waals surface area contributed by atoms with Crippen molar-refractivity contribution in [1.29, 1.82) is 0 Å². The molecule has 1 aliphatic heterocycles. The van der Waals surface area contributed by atoms with Crippen molar-refractivity contribution in [3.05, 3.63) is 95.1 Å². The molecule has 17 heteroatoms. The topological polar surface area (TPSA) is 115 Å². The number of ether oxygens (including phenoxy) is 2. The number of hydrogen-bond donors (Lipinski definition) is 1. The third-order valence-corrected chi connectivity index (χ3v) is 7.28. The Hall–Kier alpha value is -5.19. The number of carbonyl (C=O) groups is 2. The Bertz CT molecular complexity index is 1690. The van der Waals surface area contributed by atoms with Crippen LogP contribution in [0.4, 0.5) is 32.0 Å². The van der Waals surface area contributed by atoms with Crippen molar-refractivity contribution in [3.63, 3.8) is 0 Å². The Labute approximate surface area is 270 Å². The van der Waals surface area contributed by atoms with Crippen LogP contribution < -0.4 is 14.8 Å². The first kappa shape index (κ1) is 34.2. The number of pyridine rings is 1. The largest absolute Gasteiger partial charge is 0.573 e. The Balaban J connectivity index is 1.13. The summed E-state index contributed by atoms with van der Waals surface area (Å²) in [6.07, 6.45) is -9.30. The lowest BCUT2D eigenvalue weighted by Crippen LogP contribution is -2.48. The summed E-state index contributed by atoms with van der Waals surface area (Å²) < 4.78 is 84.8. The van der Waals surface area contributed by atoms with Gasteiger partial charge >= 0.3 is 12.8 Å². The van der Waals surface area contributed by atoms with Crippen molar-refractivity contribution in [1.82, 2.24) is 29.8 Å². The molecule has 1 saturated heterocycles. The quantitative estimate of drug-likeness (QED) is 0.219. The molecule has 254 valence electrons. The van der Waals surface area contributed by atoms with Gasteiger partial charge in [0.05, 0.1) is 12.2 Å². The SMILES string of the molecule is Cc1nnn(Cc2ccc(C(=O)Nc3ccc(OC(F)(F)F)cc3)nc2)c1C(=O)N1CCN(Cc2ccc(OC(F)C(F)F)cc2)CC1. The number of hydrogen-bond acceptors (Lipinski definition) is 8. The molecular weight excluding hydrogens is 648 g/mol. The highest BCUT2D eigenvalue weighted by atomic mass is 19.4. The highest BCUT2D eigenvalue weighted by Crippen LogP contribution is 2.24.